The van der Waals surface area contributed by atoms with Gasteiger partial charge in [0.1, 0.15) is 5.70 Å². The van der Waals surface area contributed by atoms with E-state index in [2.05, 4.69) is 5.32 Å². The fourth-order valence-electron chi connectivity index (χ4n) is 2.33. The minimum absolute atomic E-state index is 0.135. The minimum Gasteiger partial charge on any atom is -0.415 e. The molecule has 3 rings (SSSR count). The van der Waals surface area contributed by atoms with Gasteiger partial charge in [0, 0.05) is 5.69 Å². The number of esters is 2. The van der Waals surface area contributed by atoms with Crippen LogP contribution in [0.1, 0.15) is 21.5 Å². The maximum Gasteiger partial charge on any atom is 0.355 e. The van der Waals surface area contributed by atoms with E-state index in [-0.39, 0.29) is 10.7 Å². The molecule has 128 valence electrons. The van der Waals surface area contributed by atoms with Crippen LogP contribution in [-0.4, -0.2) is 18.2 Å². The molecule has 6 heteroatoms. The predicted molar refractivity (Wildman–Crippen MR) is 94.2 cm³/mol. The number of nitrogens with one attached hydrogen (secondary N) is 1. The Hall–Kier alpha value is -2.79. The Bertz CT molecular complexity index is 861. The van der Waals surface area contributed by atoms with Crippen molar-refractivity contribution in [3.05, 3.63) is 76.0 Å². The molecule has 0 unspecified atom stereocenters. The summed E-state index contributed by atoms with van der Waals surface area (Å²) in [6.45, 7) is 3.97. The van der Waals surface area contributed by atoms with E-state index in [1.807, 2.05) is 32.0 Å². The number of carbonyl (C=O) groups is 2. The molecule has 0 amide bonds. The van der Waals surface area contributed by atoms with Gasteiger partial charge in [0.15, 0.2) is 5.03 Å². The summed E-state index contributed by atoms with van der Waals surface area (Å²) >= 11 is 6.03. The molecule has 5 nitrogen and oxygen atoms in total. The zero-order chi connectivity index (χ0) is 18.0. The molecule has 0 aromatic heterocycles. The van der Waals surface area contributed by atoms with Gasteiger partial charge in [-0.2, -0.15) is 0 Å². The van der Waals surface area contributed by atoms with Crippen molar-refractivity contribution in [1.29, 1.82) is 0 Å². The number of hydrogen-bond donors (Lipinski definition) is 1. The van der Waals surface area contributed by atoms with Crippen molar-refractivity contribution in [2.75, 3.05) is 5.32 Å². The second-order valence-corrected chi connectivity index (χ2v) is 6.04. The van der Waals surface area contributed by atoms with Crippen LogP contribution in [0.25, 0.3) is 0 Å². The Kier molecular flexibility index (Phi) is 4.76. The Morgan fingerprint density at radius 3 is 2.52 bits per heavy atom. The van der Waals surface area contributed by atoms with E-state index in [1.165, 1.54) is 0 Å². The molecular weight excluding hydrogens is 342 g/mol. The van der Waals surface area contributed by atoms with Crippen molar-refractivity contribution in [2.24, 2.45) is 0 Å². The topological polar surface area (TPSA) is 64.6 Å². The van der Waals surface area contributed by atoms with Gasteiger partial charge in [-0.05, 0) is 49.2 Å². The Morgan fingerprint density at radius 1 is 1.12 bits per heavy atom. The van der Waals surface area contributed by atoms with Gasteiger partial charge in [-0.3, -0.25) is 0 Å². The molecule has 0 saturated carbocycles. The monoisotopic (exact) mass is 357 g/mol. The van der Waals surface area contributed by atoms with Crippen LogP contribution < -0.4 is 5.32 Å². The second-order valence-electron chi connectivity index (χ2n) is 5.66. The number of ether oxygens (including phenoxy) is 2. The number of benzene rings is 2. The molecule has 1 N–H and O–H groups in total. The third-order valence-corrected chi connectivity index (χ3v) is 4.23. The molecule has 0 bridgehead atoms. The van der Waals surface area contributed by atoms with Crippen LogP contribution >= 0.6 is 11.6 Å². The van der Waals surface area contributed by atoms with Crippen LogP contribution in [0.15, 0.2) is 59.3 Å². The molecule has 0 aliphatic carbocycles. The van der Waals surface area contributed by atoms with Crippen LogP contribution in [0, 0.1) is 13.8 Å². The molecule has 0 spiro atoms. The molecule has 2 aromatic rings. The van der Waals surface area contributed by atoms with E-state index in [9.17, 15) is 9.59 Å². The molecule has 1 atom stereocenters. The number of carbonyl (C=O) groups excluding carboxylic acids is 2. The van der Waals surface area contributed by atoms with Crippen molar-refractivity contribution in [2.45, 2.75) is 20.1 Å². The molecule has 1 aliphatic heterocycles. The summed E-state index contributed by atoms with van der Waals surface area (Å²) in [6.07, 6.45) is -1.21. The fraction of sp³-hybridized carbons (Fsp3) is 0.158. The first-order valence-electron chi connectivity index (χ1n) is 7.66. The lowest BCUT2D eigenvalue weighted by Gasteiger charge is -2.17. The highest BCUT2D eigenvalue weighted by Crippen LogP contribution is 2.29. The summed E-state index contributed by atoms with van der Waals surface area (Å²) in [5.74, 6) is -1.34. The molecule has 1 aliphatic rings. The van der Waals surface area contributed by atoms with Gasteiger partial charge in [-0.1, -0.05) is 35.9 Å². The third kappa shape index (κ3) is 3.67. The molecule has 0 radical (unpaired) electrons. The maximum atomic E-state index is 12.2. The first-order valence-corrected chi connectivity index (χ1v) is 8.04. The number of hydrogen-bond acceptors (Lipinski definition) is 5. The van der Waals surface area contributed by atoms with E-state index in [1.54, 1.807) is 30.3 Å². The summed E-state index contributed by atoms with van der Waals surface area (Å²) in [5.41, 5.74) is 3.49. The van der Waals surface area contributed by atoms with Gasteiger partial charge in [-0.25, -0.2) is 9.59 Å². The summed E-state index contributed by atoms with van der Waals surface area (Å²) in [5, 5.41) is 2.89. The highest BCUT2D eigenvalue weighted by Gasteiger charge is 2.36. The zero-order valence-electron chi connectivity index (χ0n) is 13.7. The average molecular weight is 358 g/mol. The van der Waals surface area contributed by atoms with E-state index in [0.717, 1.165) is 16.8 Å². The summed E-state index contributed by atoms with van der Waals surface area (Å²) < 4.78 is 10.3. The molecule has 2 aromatic carbocycles. The van der Waals surface area contributed by atoms with E-state index in [4.69, 9.17) is 21.1 Å². The number of halogens is 1. The highest BCUT2D eigenvalue weighted by atomic mass is 35.5. The lowest BCUT2D eigenvalue weighted by molar-refractivity contribution is -0.152. The largest absolute Gasteiger partial charge is 0.415 e. The number of anilines is 1. The third-order valence-electron chi connectivity index (χ3n) is 3.87. The maximum absolute atomic E-state index is 12.2. The number of aryl methyl sites for hydroxylation is 2. The summed E-state index contributed by atoms with van der Waals surface area (Å²) in [4.78, 5) is 24.0. The SMILES string of the molecule is Cc1ccc(NC2=C(Cl)C(=O)O[C@@H]2OC(=O)c2ccccc2)cc1C. The molecule has 0 saturated heterocycles. The highest BCUT2D eigenvalue weighted by molar-refractivity contribution is 6.42. The Morgan fingerprint density at radius 2 is 1.84 bits per heavy atom. The van der Waals surface area contributed by atoms with Crippen molar-refractivity contribution in [3.63, 3.8) is 0 Å². The lowest BCUT2D eigenvalue weighted by Crippen LogP contribution is -2.24. The van der Waals surface area contributed by atoms with Crippen LogP contribution in [0.5, 0.6) is 0 Å². The number of cyclic esters (lactones) is 1. The van der Waals surface area contributed by atoms with Gasteiger partial charge in [0.2, 0.25) is 0 Å². The second kappa shape index (κ2) is 6.99. The van der Waals surface area contributed by atoms with Crippen molar-refractivity contribution in [3.8, 4) is 0 Å². The first kappa shape index (κ1) is 17.0. The lowest BCUT2D eigenvalue weighted by atomic mass is 10.1. The van der Waals surface area contributed by atoms with Gasteiger partial charge >= 0.3 is 11.9 Å². The Balaban J connectivity index is 1.81. The standard InChI is InChI=1S/C19H16ClNO4/c1-11-8-9-14(10-12(11)2)21-16-15(20)18(23)25-19(16)24-17(22)13-6-4-3-5-7-13/h3-10,19,21H,1-2H3/t19-/m0/s1. The molecule has 0 fully saturated rings. The summed E-state index contributed by atoms with van der Waals surface area (Å²) in [7, 11) is 0. The Labute approximate surface area is 150 Å². The molecule has 1 heterocycles. The quantitative estimate of drug-likeness (QED) is 0.840. The smallest absolute Gasteiger partial charge is 0.355 e. The van der Waals surface area contributed by atoms with Gasteiger partial charge in [0.05, 0.1) is 5.56 Å². The zero-order valence-corrected chi connectivity index (χ0v) is 14.5. The van der Waals surface area contributed by atoms with E-state index < -0.39 is 18.2 Å². The molecular formula is C19H16ClNO4. The van der Waals surface area contributed by atoms with E-state index >= 15 is 0 Å². The van der Waals surface area contributed by atoms with Crippen LogP contribution in [0.3, 0.4) is 0 Å². The van der Waals surface area contributed by atoms with Gasteiger partial charge in [0.25, 0.3) is 6.29 Å². The first-order chi connectivity index (χ1) is 12.0. The van der Waals surface area contributed by atoms with Crippen LogP contribution in [0.2, 0.25) is 0 Å². The van der Waals surface area contributed by atoms with Crippen molar-refractivity contribution < 1.29 is 19.1 Å². The van der Waals surface area contributed by atoms with Crippen LogP contribution in [0.4, 0.5) is 5.69 Å². The molecule has 25 heavy (non-hydrogen) atoms. The fourth-order valence-corrected chi connectivity index (χ4v) is 2.51. The number of rotatable bonds is 4. The van der Waals surface area contributed by atoms with Crippen LogP contribution in [-0.2, 0) is 14.3 Å². The van der Waals surface area contributed by atoms with Gasteiger partial charge in [-0.15, -0.1) is 0 Å². The summed E-state index contributed by atoms with van der Waals surface area (Å²) in [6, 6.07) is 14.1. The van der Waals surface area contributed by atoms with Crippen molar-refractivity contribution in [1.82, 2.24) is 0 Å². The normalized spacial score (nSPS) is 16.6. The van der Waals surface area contributed by atoms with Crippen molar-refractivity contribution >= 4 is 29.2 Å². The average Bonchev–Trinajstić information content (AvgIpc) is 2.86. The predicted octanol–water partition coefficient (Wildman–Crippen LogP) is 3.91. The van der Waals surface area contributed by atoms with Gasteiger partial charge < -0.3 is 14.8 Å². The van der Waals surface area contributed by atoms with E-state index in [0.29, 0.717) is 5.56 Å². The minimum atomic E-state index is -1.21.